The predicted octanol–water partition coefficient (Wildman–Crippen LogP) is 4.51. The topological polar surface area (TPSA) is 101 Å². The first-order valence-corrected chi connectivity index (χ1v) is 9.82. The highest BCUT2D eigenvalue weighted by molar-refractivity contribution is 5.93. The summed E-state index contributed by atoms with van der Waals surface area (Å²) in [5, 5.41) is 17.6. The molecule has 0 aromatic heterocycles. The largest absolute Gasteiger partial charge is 0.481 e. The first-order chi connectivity index (χ1) is 12.3. The third-order valence-electron chi connectivity index (χ3n) is 5.21. The van der Waals surface area contributed by atoms with E-state index < -0.39 is 23.8 Å². The van der Waals surface area contributed by atoms with Crippen LogP contribution in [0.2, 0.25) is 0 Å². The van der Waals surface area contributed by atoms with E-state index in [2.05, 4.69) is 18.6 Å². The Bertz CT molecular complexity index is 421. The van der Waals surface area contributed by atoms with Gasteiger partial charge in [0, 0.05) is 6.42 Å². The molecule has 0 saturated carbocycles. The molecule has 3 atom stereocenters. The molecule has 0 saturated heterocycles. The summed E-state index contributed by atoms with van der Waals surface area (Å²) in [6, 6.07) is 0. The molecule has 0 heterocycles. The van der Waals surface area contributed by atoms with Crippen LogP contribution >= 0.6 is 0 Å². The standard InChI is InChI=1S/C20H36O6/c1-15(11-7-4-5-10-14-18(21)22)16(2)12-8-6-9-13-17(19(23)24)20(25)26-3/h15-17H,4-14H2,1-3H3,(H,21,22)(H,23,24). The zero-order valence-corrected chi connectivity index (χ0v) is 16.5. The summed E-state index contributed by atoms with van der Waals surface area (Å²) >= 11 is 0. The van der Waals surface area contributed by atoms with Gasteiger partial charge in [-0.15, -0.1) is 0 Å². The molecule has 152 valence electrons. The molecule has 3 unspecified atom stereocenters. The molecule has 0 aliphatic rings. The molecule has 6 nitrogen and oxygen atoms in total. The number of aliphatic carboxylic acids is 2. The minimum absolute atomic E-state index is 0.269. The van der Waals surface area contributed by atoms with Crippen LogP contribution in [0.4, 0.5) is 0 Å². The van der Waals surface area contributed by atoms with Crippen LogP contribution in [0.5, 0.6) is 0 Å². The molecular formula is C20H36O6. The Hall–Kier alpha value is -1.59. The summed E-state index contributed by atoms with van der Waals surface area (Å²) in [6.45, 7) is 4.52. The second kappa shape index (κ2) is 14.6. The maximum absolute atomic E-state index is 11.4. The van der Waals surface area contributed by atoms with Crippen LogP contribution < -0.4 is 0 Å². The number of carboxylic acid groups (broad SMARTS) is 2. The fourth-order valence-electron chi connectivity index (χ4n) is 3.14. The van der Waals surface area contributed by atoms with Gasteiger partial charge >= 0.3 is 17.9 Å². The van der Waals surface area contributed by atoms with E-state index in [1.165, 1.54) is 7.11 Å². The van der Waals surface area contributed by atoms with Gasteiger partial charge < -0.3 is 14.9 Å². The molecular weight excluding hydrogens is 336 g/mol. The summed E-state index contributed by atoms with van der Waals surface area (Å²) in [5.74, 6) is -2.28. The lowest BCUT2D eigenvalue weighted by molar-refractivity contribution is -0.157. The number of hydrogen-bond donors (Lipinski definition) is 2. The molecule has 0 aromatic carbocycles. The lowest BCUT2D eigenvalue weighted by Crippen LogP contribution is -2.24. The van der Waals surface area contributed by atoms with Crippen LogP contribution in [0.15, 0.2) is 0 Å². The van der Waals surface area contributed by atoms with Gasteiger partial charge in [0.05, 0.1) is 7.11 Å². The van der Waals surface area contributed by atoms with E-state index in [-0.39, 0.29) is 6.42 Å². The number of carbonyl (C=O) groups excluding carboxylic acids is 1. The van der Waals surface area contributed by atoms with Gasteiger partial charge in [-0.25, -0.2) is 0 Å². The molecule has 26 heavy (non-hydrogen) atoms. The molecule has 6 heteroatoms. The molecule has 0 aliphatic heterocycles. The predicted molar refractivity (Wildman–Crippen MR) is 99.9 cm³/mol. The van der Waals surface area contributed by atoms with E-state index >= 15 is 0 Å². The van der Waals surface area contributed by atoms with Crippen LogP contribution in [0.25, 0.3) is 0 Å². The number of esters is 1. The molecule has 0 amide bonds. The minimum atomic E-state index is -1.11. The second-order valence-electron chi connectivity index (χ2n) is 7.35. The van der Waals surface area contributed by atoms with Crippen molar-refractivity contribution < 1.29 is 29.3 Å². The Labute approximate surface area is 157 Å². The van der Waals surface area contributed by atoms with Crippen molar-refractivity contribution in [3.8, 4) is 0 Å². The van der Waals surface area contributed by atoms with Gasteiger partial charge in [-0.05, 0) is 24.7 Å². The Morgan fingerprint density at radius 2 is 1.23 bits per heavy atom. The Balaban J connectivity index is 3.77. The van der Waals surface area contributed by atoms with Gasteiger partial charge in [0.15, 0.2) is 5.92 Å². The maximum atomic E-state index is 11.4. The van der Waals surface area contributed by atoms with Crippen LogP contribution in [0, 0.1) is 17.8 Å². The summed E-state index contributed by atoms with van der Waals surface area (Å²) in [7, 11) is 1.22. The molecule has 0 bridgehead atoms. The van der Waals surface area contributed by atoms with Gasteiger partial charge in [-0.1, -0.05) is 65.2 Å². The number of methoxy groups -OCH3 is 1. The van der Waals surface area contributed by atoms with Crippen molar-refractivity contribution in [2.75, 3.05) is 7.11 Å². The number of carboxylic acids is 2. The Kier molecular flexibility index (Phi) is 13.7. The van der Waals surface area contributed by atoms with E-state index in [9.17, 15) is 14.4 Å². The molecule has 2 N–H and O–H groups in total. The first kappa shape index (κ1) is 24.4. The van der Waals surface area contributed by atoms with Crippen LogP contribution in [-0.4, -0.2) is 35.2 Å². The highest BCUT2D eigenvalue weighted by Gasteiger charge is 2.26. The van der Waals surface area contributed by atoms with Gasteiger partial charge in [0.25, 0.3) is 0 Å². The molecule has 0 fully saturated rings. The van der Waals surface area contributed by atoms with Gasteiger partial charge in [-0.3, -0.25) is 14.4 Å². The fourth-order valence-corrected chi connectivity index (χ4v) is 3.14. The first-order valence-electron chi connectivity index (χ1n) is 9.82. The summed E-state index contributed by atoms with van der Waals surface area (Å²) in [4.78, 5) is 32.9. The molecule has 0 radical (unpaired) electrons. The average Bonchev–Trinajstić information content (AvgIpc) is 2.59. The smallest absolute Gasteiger partial charge is 0.320 e. The number of ether oxygens (including phenoxy) is 1. The van der Waals surface area contributed by atoms with Crippen molar-refractivity contribution in [1.29, 1.82) is 0 Å². The Morgan fingerprint density at radius 3 is 1.69 bits per heavy atom. The average molecular weight is 373 g/mol. The second-order valence-corrected chi connectivity index (χ2v) is 7.35. The normalized spacial score (nSPS) is 14.4. The zero-order valence-electron chi connectivity index (χ0n) is 16.5. The zero-order chi connectivity index (χ0) is 19.9. The third kappa shape index (κ3) is 11.9. The molecule has 0 spiro atoms. The molecule has 0 rings (SSSR count). The summed E-state index contributed by atoms with van der Waals surface area (Å²) < 4.78 is 4.53. The SMILES string of the molecule is COC(=O)C(CCCCCC(C)C(C)CCCCCCC(=O)O)C(=O)O. The Morgan fingerprint density at radius 1 is 0.769 bits per heavy atom. The van der Waals surface area contributed by atoms with E-state index in [4.69, 9.17) is 10.2 Å². The fraction of sp³-hybridized carbons (Fsp3) is 0.850. The van der Waals surface area contributed by atoms with Crippen LogP contribution in [-0.2, 0) is 19.1 Å². The van der Waals surface area contributed by atoms with E-state index in [0.717, 1.165) is 57.8 Å². The van der Waals surface area contributed by atoms with Crippen LogP contribution in [0.1, 0.15) is 84.5 Å². The monoisotopic (exact) mass is 372 g/mol. The summed E-state index contributed by atoms with van der Waals surface area (Å²) in [6.07, 6.45) is 9.54. The lowest BCUT2D eigenvalue weighted by Gasteiger charge is -2.20. The number of carbonyl (C=O) groups is 3. The van der Waals surface area contributed by atoms with E-state index in [1.54, 1.807) is 0 Å². The van der Waals surface area contributed by atoms with Crippen LogP contribution in [0.3, 0.4) is 0 Å². The quantitative estimate of drug-likeness (QED) is 0.235. The number of rotatable bonds is 16. The van der Waals surface area contributed by atoms with Crippen molar-refractivity contribution >= 4 is 17.9 Å². The highest BCUT2D eigenvalue weighted by atomic mass is 16.5. The highest BCUT2D eigenvalue weighted by Crippen LogP contribution is 2.24. The van der Waals surface area contributed by atoms with Crippen molar-refractivity contribution in [2.45, 2.75) is 84.5 Å². The maximum Gasteiger partial charge on any atom is 0.320 e. The number of unbranched alkanes of at least 4 members (excludes halogenated alkanes) is 5. The minimum Gasteiger partial charge on any atom is -0.481 e. The van der Waals surface area contributed by atoms with E-state index in [0.29, 0.717) is 18.3 Å². The number of hydrogen-bond acceptors (Lipinski definition) is 4. The van der Waals surface area contributed by atoms with Gasteiger partial charge in [0.1, 0.15) is 0 Å². The molecule has 0 aliphatic carbocycles. The van der Waals surface area contributed by atoms with Gasteiger partial charge in [-0.2, -0.15) is 0 Å². The third-order valence-corrected chi connectivity index (χ3v) is 5.21. The van der Waals surface area contributed by atoms with Gasteiger partial charge in [0.2, 0.25) is 0 Å². The van der Waals surface area contributed by atoms with Crippen molar-refractivity contribution in [3.05, 3.63) is 0 Å². The van der Waals surface area contributed by atoms with Crippen molar-refractivity contribution in [2.24, 2.45) is 17.8 Å². The lowest BCUT2D eigenvalue weighted by atomic mass is 9.86. The molecule has 0 aromatic rings. The summed E-state index contributed by atoms with van der Waals surface area (Å²) in [5.41, 5.74) is 0. The van der Waals surface area contributed by atoms with E-state index in [1.807, 2.05) is 0 Å². The van der Waals surface area contributed by atoms with Crippen molar-refractivity contribution in [3.63, 3.8) is 0 Å². The van der Waals surface area contributed by atoms with Crippen molar-refractivity contribution in [1.82, 2.24) is 0 Å².